The van der Waals surface area contributed by atoms with E-state index < -0.39 is 5.63 Å². The zero-order valence-corrected chi connectivity index (χ0v) is 21.0. The lowest BCUT2D eigenvalue weighted by atomic mass is 10.1. The number of unbranched alkanes of at least 4 members (excludes halogenated alkanes) is 7. The van der Waals surface area contributed by atoms with Gasteiger partial charge in [0.1, 0.15) is 16.7 Å². The number of allylic oxidation sites excluding steroid dienone is 1. The molecular formula is C28H42O5. The predicted octanol–water partition coefficient (Wildman–Crippen LogP) is 7.83. The number of fused-ring (bicyclic) bond motifs is 1. The van der Waals surface area contributed by atoms with E-state index in [1.165, 1.54) is 38.5 Å². The van der Waals surface area contributed by atoms with Crippen molar-refractivity contribution in [1.82, 2.24) is 0 Å². The molecular weight excluding hydrogens is 416 g/mol. The maximum Gasteiger partial charge on any atom is 0.383 e. The zero-order chi connectivity index (χ0) is 23.9. The molecule has 0 saturated carbocycles. The van der Waals surface area contributed by atoms with Crippen LogP contribution in [0.25, 0.3) is 11.0 Å². The molecule has 184 valence electrons. The van der Waals surface area contributed by atoms with E-state index in [1.807, 2.05) is 26.0 Å². The average Bonchev–Trinajstić information content (AvgIpc) is 2.79. The van der Waals surface area contributed by atoms with Crippen molar-refractivity contribution in [2.75, 3.05) is 13.2 Å². The molecule has 0 aliphatic rings. The van der Waals surface area contributed by atoms with Gasteiger partial charge in [0.2, 0.25) is 5.75 Å². The molecule has 0 bridgehead atoms. The second-order valence-electron chi connectivity index (χ2n) is 8.68. The summed E-state index contributed by atoms with van der Waals surface area (Å²) in [4.78, 5) is 12.7. The molecule has 0 fully saturated rings. The van der Waals surface area contributed by atoms with E-state index in [2.05, 4.69) is 26.0 Å². The Balaban J connectivity index is 2.15. The van der Waals surface area contributed by atoms with Gasteiger partial charge in [-0.05, 0) is 45.2 Å². The first-order valence-corrected chi connectivity index (χ1v) is 12.8. The summed E-state index contributed by atoms with van der Waals surface area (Å²) in [5.74, 6) is 1.19. The summed E-state index contributed by atoms with van der Waals surface area (Å²) < 4.78 is 23.6. The van der Waals surface area contributed by atoms with E-state index in [9.17, 15) is 4.79 Å². The van der Waals surface area contributed by atoms with E-state index in [4.69, 9.17) is 18.6 Å². The van der Waals surface area contributed by atoms with Crippen LogP contribution in [0.5, 0.6) is 17.2 Å². The van der Waals surface area contributed by atoms with Gasteiger partial charge in [-0.2, -0.15) is 0 Å². The molecule has 0 spiro atoms. The Morgan fingerprint density at radius 3 is 2.30 bits per heavy atom. The molecule has 5 nitrogen and oxygen atoms in total. The smallest absolute Gasteiger partial charge is 0.383 e. The zero-order valence-electron chi connectivity index (χ0n) is 21.0. The molecule has 0 radical (unpaired) electrons. The maximum absolute atomic E-state index is 12.7. The second-order valence-corrected chi connectivity index (χ2v) is 8.68. The molecule has 0 atom stereocenters. The van der Waals surface area contributed by atoms with Gasteiger partial charge in [0.25, 0.3) is 0 Å². The monoisotopic (exact) mass is 458 g/mol. The number of hydrogen-bond donors (Lipinski definition) is 0. The first-order valence-electron chi connectivity index (χ1n) is 12.8. The fourth-order valence-corrected chi connectivity index (χ4v) is 3.70. The number of ether oxygens (including phenoxy) is 3. The molecule has 0 unspecified atom stereocenters. The van der Waals surface area contributed by atoms with Gasteiger partial charge in [0.05, 0.1) is 19.3 Å². The molecule has 1 aromatic carbocycles. The maximum atomic E-state index is 12.7. The van der Waals surface area contributed by atoms with Crippen molar-refractivity contribution in [3.8, 4) is 17.2 Å². The topological polar surface area (TPSA) is 57.9 Å². The molecule has 1 aromatic heterocycles. The summed E-state index contributed by atoms with van der Waals surface area (Å²) in [5, 5.41) is 0.659. The van der Waals surface area contributed by atoms with Crippen LogP contribution in [-0.4, -0.2) is 19.3 Å². The Kier molecular flexibility index (Phi) is 12.5. The highest BCUT2D eigenvalue weighted by Crippen LogP contribution is 2.39. The predicted molar refractivity (Wildman–Crippen MR) is 136 cm³/mol. The molecule has 0 amide bonds. The van der Waals surface area contributed by atoms with E-state index in [-0.39, 0.29) is 11.9 Å². The van der Waals surface area contributed by atoms with Gasteiger partial charge in [-0.15, -0.1) is 0 Å². The highest BCUT2D eigenvalue weighted by molar-refractivity contribution is 5.91. The minimum absolute atomic E-state index is 0.124. The van der Waals surface area contributed by atoms with Crippen LogP contribution in [0, 0.1) is 0 Å². The Labute approximate surface area is 199 Å². The quantitative estimate of drug-likeness (QED) is 0.137. The van der Waals surface area contributed by atoms with E-state index in [0.717, 1.165) is 25.7 Å². The van der Waals surface area contributed by atoms with Crippen LogP contribution in [0.3, 0.4) is 0 Å². The number of hydrogen-bond acceptors (Lipinski definition) is 5. The fourth-order valence-electron chi connectivity index (χ4n) is 3.70. The molecule has 0 N–H and O–H groups in total. The van der Waals surface area contributed by atoms with Crippen molar-refractivity contribution in [1.29, 1.82) is 0 Å². The summed E-state index contributed by atoms with van der Waals surface area (Å²) in [6, 6.07) is 5.48. The van der Waals surface area contributed by atoms with Gasteiger partial charge in [0.15, 0.2) is 5.75 Å². The van der Waals surface area contributed by atoms with Crippen LogP contribution in [0.15, 0.2) is 39.6 Å². The van der Waals surface area contributed by atoms with Gasteiger partial charge in [0, 0.05) is 0 Å². The third-order valence-corrected chi connectivity index (χ3v) is 5.35. The van der Waals surface area contributed by atoms with Gasteiger partial charge >= 0.3 is 5.63 Å². The van der Waals surface area contributed by atoms with Gasteiger partial charge in [-0.3, -0.25) is 0 Å². The number of benzene rings is 1. The van der Waals surface area contributed by atoms with Crippen LogP contribution < -0.4 is 19.8 Å². The minimum Gasteiger partial charge on any atom is -0.492 e. The summed E-state index contributed by atoms with van der Waals surface area (Å²) >= 11 is 0. The third kappa shape index (κ3) is 9.15. The Morgan fingerprint density at radius 2 is 1.61 bits per heavy atom. The normalized spacial score (nSPS) is 11.5. The number of rotatable bonds is 17. The van der Waals surface area contributed by atoms with Crippen LogP contribution >= 0.6 is 0 Å². The summed E-state index contributed by atoms with van der Waals surface area (Å²) in [6.45, 7) is 9.17. The summed E-state index contributed by atoms with van der Waals surface area (Å²) in [6.07, 6.45) is 15.6. The molecule has 2 aromatic rings. The molecule has 33 heavy (non-hydrogen) atoms. The second kappa shape index (κ2) is 15.4. The Hall–Kier alpha value is -2.43. The average molecular weight is 459 g/mol. The summed E-state index contributed by atoms with van der Waals surface area (Å²) in [5.41, 5.74) is -0.0752. The van der Waals surface area contributed by atoms with Crippen LogP contribution in [0.4, 0.5) is 0 Å². The van der Waals surface area contributed by atoms with E-state index >= 15 is 0 Å². The lowest BCUT2D eigenvalue weighted by molar-refractivity contribution is 0.210. The van der Waals surface area contributed by atoms with Crippen molar-refractivity contribution in [3.63, 3.8) is 0 Å². The van der Waals surface area contributed by atoms with Crippen molar-refractivity contribution in [2.45, 2.75) is 98.0 Å². The Morgan fingerprint density at radius 1 is 0.879 bits per heavy atom. The largest absolute Gasteiger partial charge is 0.492 e. The van der Waals surface area contributed by atoms with E-state index in [0.29, 0.717) is 35.7 Å². The SMILES string of the molecule is CCC=CCCOc1cccc2oc(=O)c(OC(C)C)c(OCCCCCCCCCC)c12. The van der Waals surface area contributed by atoms with Gasteiger partial charge in [-0.1, -0.05) is 77.0 Å². The highest BCUT2D eigenvalue weighted by Gasteiger charge is 2.22. The van der Waals surface area contributed by atoms with Gasteiger partial charge < -0.3 is 18.6 Å². The first-order chi connectivity index (χ1) is 16.1. The van der Waals surface area contributed by atoms with Crippen LogP contribution in [0.2, 0.25) is 0 Å². The van der Waals surface area contributed by atoms with Crippen LogP contribution in [-0.2, 0) is 0 Å². The standard InChI is InChI=1S/C28H42O5/c1-5-7-9-11-12-13-14-16-21-31-26-25-23(30-20-15-10-8-6-2)18-17-19-24(25)33-28(29)27(26)32-22(3)4/h8,10,17-19,22H,5-7,9,11-16,20-21H2,1-4H3. The van der Waals surface area contributed by atoms with Crippen molar-refractivity contribution < 1.29 is 18.6 Å². The lowest BCUT2D eigenvalue weighted by Crippen LogP contribution is -2.16. The minimum atomic E-state index is -0.523. The molecule has 0 aliphatic carbocycles. The lowest BCUT2D eigenvalue weighted by Gasteiger charge is -2.17. The molecule has 1 heterocycles. The molecule has 5 heteroatoms. The third-order valence-electron chi connectivity index (χ3n) is 5.35. The first kappa shape index (κ1) is 26.8. The molecule has 0 aliphatic heterocycles. The van der Waals surface area contributed by atoms with Crippen molar-refractivity contribution >= 4 is 11.0 Å². The highest BCUT2D eigenvalue weighted by atomic mass is 16.5. The van der Waals surface area contributed by atoms with Crippen LogP contribution in [0.1, 0.15) is 91.9 Å². The van der Waals surface area contributed by atoms with E-state index in [1.54, 1.807) is 6.07 Å². The Bertz CT molecular complexity index is 897. The van der Waals surface area contributed by atoms with Crippen molar-refractivity contribution in [2.24, 2.45) is 0 Å². The van der Waals surface area contributed by atoms with Gasteiger partial charge in [-0.25, -0.2) is 4.79 Å². The van der Waals surface area contributed by atoms with Crippen molar-refractivity contribution in [3.05, 3.63) is 40.8 Å². The fraction of sp³-hybridized carbons (Fsp3) is 0.607. The molecule has 2 rings (SSSR count). The molecule has 0 saturated heterocycles. The summed E-state index contributed by atoms with van der Waals surface area (Å²) in [7, 11) is 0.